The molecule has 0 unspecified atom stereocenters. The zero-order chi connectivity index (χ0) is 24.3. The number of benzene rings is 2. The number of amides is 2. The van der Waals surface area contributed by atoms with Gasteiger partial charge < -0.3 is 19.7 Å². The van der Waals surface area contributed by atoms with E-state index in [1.807, 2.05) is 55.5 Å². The Morgan fingerprint density at radius 2 is 1.71 bits per heavy atom. The number of hydrogen-bond donors (Lipinski definition) is 1. The van der Waals surface area contributed by atoms with E-state index >= 15 is 0 Å². The SMILES string of the molecule is CC[C@@H](C(=O)NC1CCCC1)N(Cc1ccc(Cl)cc1)C(=O)CCCOc1ccc(OC)cc1. The largest absolute Gasteiger partial charge is 0.497 e. The summed E-state index contributed by atoms with van der Waals surface area (Å²) in [6.45, 7) is 2.73. The summed E-state index contributed by atoms with van der Waals surface area (Å²) in [7, 11) is 1.62. The van der Waals surface area contributed by atoms with Crippen LogP contribution in [0.3, 0.4) is 0 Å². The molecule has 3 rings (SSSR count). The van der Waals surface area contributed by atoms with Crippen molar-refractivity contribution in [3.63, 3.8) is 0 Å². The molecule has 0 radical (unpaired) electrons. The highest BCUT2D eigenvalue weighted by Crippen LogP contribution is 2.21. The molecule has 0 heterocycles. The lowest BCUT2D eigenvalue weighted by Crippen LogP contribution is -2.50. The number of methoxy groups -OCH3 is 1. The number of rotatable bonds is 12. The second-order valence-electron chi connectivity index (χ2n) is 8.69. The Hall–Kier alpha value is -2.73. The molecule has 1 N–H and O–H groups in total. The Kier molecular flexibility index (Phi) is 10.1. The monoisotopic (exact) mass is 486 g/mol. The van der Waals surface area contributed by atoms with Gasteiger partial charge in [-0.1, -0.05) is 43.5 Å². The molecule has 0 saturated heterocycles. The summed E-state index contributed by atoms with van der Waals surface area (Å²) in [6.07, 6.45) is 5.72. The van der Waals surface area contributed by atoms with Gasteiger partial charge in [0.05, 0.1) is 13.7 Å². The van der Waals surface area contributed by atoms with Crippen LogP contribution in [0.2, 0.25) is 5.02 Å². The van der Waals surface area contributed by atoms with Crippen molar-refractivity contribution in [2.75, 3.05) is 13.7 Å². The second kappa shape index (κ2) is 13.2. The molecule has 1 atom stereocenters. The Morgan fingerprint density at radius 3 is 2.32 bits per heavy atom. The lowest BCUT2D eigenvalue weighted by molar-refractivity contribution is -0.141. The van der Waals surface area contributed by atoms with E-state index in [2.05, 4.69) is 5.32 Å². The van der Waals surface area contributed by atoms with Gasteiger partial charge in [-0.25, -0.2) is 0 Å². The molecule has 0 spiro atoms. The summed E-state index contributed by atoms with van der Waals surface area (Å²) in [5, 5.41) is 3.81. The van der Waals surface area contributed by atoms with Crippen LogP contribution in [0.15, 0.2) is 48.5 Å². The average molecular weight is 487 g/mol. The van der Waals surface area contributed by atoms with Crippen LogP contribution >= 0.6 is 11.6 Å². The van der Waals surface area contributed by atoms with E-state index in [1.165, 1.54) is 0 Å². The number of nitrogens with one attached hydrogen (secondary N) is 1. The van der Waals surface area contributed by atoms with Gasteiger partial charge >= 0.3 is 0 Å². The molecule has 7 heteroatoms. The standard InChI is InChI=1S/C27H35ClN2O4/c1-3-25(27(32)29-22-7-4-5-8-22)30(19-20-10-12-21(28)13-11-20)26(31)9-6-18-34-24-16-14-23(33-2)15-17-24/h10-17,22,25H,3-9,18-19H2,1-2H3,(H,29,32)/t25-/m0/s1. The van der Waals surface area contributed by atoms with Crippen molar-refractivity contribution < 1.29 is 19.1 Å². The normalized spacial score (nSPS) is 14.4. The van der Waals surface area contributed by atoms with E-state index in [1.54, 1.807) is 12.0 Å². The first-order valence-corrected chi connectivity index (χ1v) is 12.5. The minimum Gasteiger partial charge on any atom is -0.497 e. The van der Waals surface area contributed by atoms with Crippen LogP contribution in [0.5, 0.6) is 11.5 Å². The first kappa shape index (κ1) is 25.9. The molecule has 1 aliphatic carbocycles. The minimum atomic E-state index is -0.508. The number of carbonyl (C=O) groups excluding carboxylic acids is 2. The van der Waals surface area contributed by atoms with Gasteiger partial charge in [-0.3, -0.25) is 9.59 Å². The molecule has 184 valence electrons. The first-order chi connectivity index (χ1) is 16.5. The summed E-state index contributed by atoms with van der Waals surface area (Å²) >= 11 is 6.03. The lowest BCUT2D eigenvalue weighted by atomic mass is 10.1. The quantitative estimate of drug-likeness (QED) is 0.409. The van der Waals surface area contributed by atoms with Crippen LogP contribution in [-0.4, -0.2) is 42.5 Å². The van der Waals surface area contributed by atoms with Crippen LogP contribution in [0.4, 0.5) is 0 Å². The van der Waals surface area contributed by atoms with E-state index < -0.39 is 6.04 Å². The second-order valence-corrected chi connectivity index (χ2v) is 9.13. The molecule has 1 aliphatic rings. The van der Waals surface area contributed by atoms with Gasteiger partial charge in [0.2, 0.25) is 11.8 Å². The highest BCUT2D eigenvalue weighted by Gasteiger charge is 2.30. The van der Waals surface area contributed by atoms with Crippen molar-refractivity contribution in [1.82, 2.24) is 10.2 Å². The molecule has 2 amide bonds. The molecular formula is C27H35ClN2O4. The van der Waals surface area contributed by atoms with Gasteiger partial charge in [-0.15, -0.1) is 0 Å². The van der Waals surface area contributed by atoms with Gasteiger partial charge in [-0.2, -0.15) is 0 Å². The maximum absolute atomic E-state index is 13.3. The van der Waals surface area contributed by atoms with Crippen molar-refractivity contribution in [3.8, 4) is 11.5 Å². The van der Waals surface area contributed by atoms with Gasteiger partial charge in [0, 0.05) is 24.0 Å². The fraction of sp³-hybridized carbons (Fsp3) is 0.481. The summed E-state index contributed by atoms with van der Waals surface area (Å²) in [5.41, 5.74) is 0.944. The molecule has 1 fully saturated rings. The fourth-order valence-corrected chi connectivity index (χ4v) is 4.43. The van der Waals surface area contributed by atoms with Crippen molar-refractivity contribution in [1.29, 1.82) is 0 Å². The summed E-state index contributed by atoms with van der Waals surface area (Å²) < 4.78 is 10.9. The van der Waals surface area contributed by atoms with Crippen molar-refractivity contribution >= 4 is 23.4 Å². The van der Waals surface area contributed by atoms with Gasteiger partial charge in [0.15, 0.2) is 0 Å². The third kappa shape index (κ3) is 7.66. The zero-order valence-corrected chi connectivity index (χ0v) is 20.9. The van der Waals surface area contributed by atoms with Crippen molar-refractivity contribution in [2.45, 2.75) is 70.5 Å². The summed E-state index contributed by atoms with van der Waals surface area (Å²) in [4.78, 5) is 28.1. The Labute approximate surface area is 207 Å². The van der Waals surface area contributed by atoms with E-state index in [0.717, 1.165) is 42.7 Å². The van der Waals surface area contributed by atoms with Crippen LogP contribution < -0.4 is 14.8 Å². The highest BCUT2D eigenvalue weighted by atomic mass is 35.5. The van der Waals surface area contributed by atoms with E-state index in [4.69, 9.17) is 21.1 Å². The van der Waals surface area contributed by atoms with E-state index in [0.29, 0.717) is 37.4 Å². The average Bonchev–Trinajstić information content (AvgIpc) is 3.36. The molecule has 0 aromatic heterocycles. The third-order valence-corrected chi connectivity index (χ3v) is 6.47. The summed E-state index contributed by atoms with van der Waals surface area (Å²) in [6, 6.07) is 14.5. The molecule has 6 nitrogen and oxygen atoms in total. The molecule has 1 saturated carbocycles. The number of halogens is 1. The highest BCUT2D eigenvalue weighted by molar-refractivity contribution is 6.30. The number of hydrogen-bond acceptors (Lipinski definition) is 4. The van der Waals surface area contributed by atoms with E-state index in [9.17, 15) is 9.59 Å². The smallest absolute Gasteiger partial charge is 0.243 e. The number of carbonyl (C=O) groups is 2. The Morgan fingerprint density at radius 1 is 1.06 bits per heavy atom. The lowest BCUT2D eigenvalue weighted by Gasteiger charge is -2.31. The number of ether oxygens (including phenoxy) is 2. The molecule has 0 bridgehead atoms. The van der Waals surface area contributed by atoms with Gasteiger partial charge in [0.25, 0.3) is 0 Å². The molecular weight excluding hydrogens is 452 g/mol. The summed E-state index contributed by atoms with van der Waals surface area (Å²) in [5.74, 6) is 1.38. The van der Waals surface area contributed by atoms with Crippen LogP contribution in [0, 0.1) is 0 Å². The van der Waals surface area contributed by atoms with Gasteiger partial charge in [0.1, 0.15) is 17.5 Å². The maximum Gasteiger partial charge on any atom is 0.243 e. The Balaban J connectivity index is 1.62. The molecule has 2 aromatic carbocycles. The van der Waals surface area contributed by atoms with Crippen molar-refractivity contribution in [2.24, 2.45) is 0 Å². The fourth-order valence-electron chi connectivity index (χ4n) is 4.30. The van der Waals surface area contributed by atoms with Crippen LogP contribution in [-0.2, 0) is 16.1 Å². The van der Waals surface area contributed by atoms with Crippen molar-refractivity contribution in [3.05, 3.63) is 59.1 Å². The van der Waals surface area contributed by atoms with Crippen LogP contribution in [0.1, 0.15) is 57.4 Å². The first-order valence-electron chi connectivity index (χ1n) is 12.1. The third-order valence-electron chi connectivity index (χ3n) is 6.22. The predicted molar refractivity (Wildman–Crippen MR) is 134 cm³/mol. The van der Waals surface area contributed by atoms with Crippen LogP contribution in [0.25, 0.3) is 0 Å². The minimum absolute atomic E-state index is 0.0540. The van der Waals surface area contributed by atoms with Gasteiger partial charge in [-0.05, 0) is 67.6 Å². The molecule has 2 aromatic rings. The maximum atomic E-state index is 13.3. The molecule has 0 aliphatic heterocycles. The predicted octanol–water partition coefficient (Wildman–Crippen LogP) is 5.37. The van der Waals surface area contributed by atoms with E-state index in [-0.39, 0.29) is 17.9 Å². The zero-order valence-electron chi connectivity index (χ0n) is 20.1. The molecule has 34 heavy (non-hydrogen) atoms. The number of nitrogens with zero attached hydrogens (tertiary/aromatic N) is 1. The Bertz CT molecular complexity index is 911. The topological polar surface area (TPSA) is 67.9 Å².